The van der Waals surface area contributed by atoms with Gasteiger partial charge in [-0.15, -0.1) is 0 Å². The van der Waals surface area contributed by atoms with E-state index in [9.17, 15) is 13.6 Å². The van der Waals surface area contributed by atoms with Crippen LogP contribution in [0.15, 0.2) is 48.7 Å². The number of aromatic nitrogens is 2. The molecule has 1 heterocycles. The molecule has 23 heavy (non-hydrogen) atoms. The van der Waals surface area contributed by atoms with Crippen molar-refractivity contribution in [2.45, 2.75) is 6.54 Å². The van der Waals surface area contributed by atoms with Gasteiger partial charge in [0.15, 0.2) is 11.6 Å². The molecular weight excluding hydrogens is 300 g/mol. The molecule has 0 fully saturated rings. The molecule has 2 aromatic carbocycles. The minimum absolute atomic E-state index is 0.328. The van der Waals surface area contributed by atoms with Gasteiger partial charge in [-0.3, -0.25) is 9.89 Å². The Bertz CT molecular complexity index is 886. The fraction of sp³-hybridized carbons (Fsp3) is 0.0588. The number of benzene rings is 2. The number of para-hydroxylation sites is 1. The molecule has 0 spiro atoms. The Morgan fingerprint density at radius 2 is 2.09 bits per heavy atom. The predicted molar refractivity (Wildman–Crippen MR) is 83.3 cm³/mol. The highest BCUT2D eigenvalue weighted by Gasteiger charge is 2.04. The van der Waals surface area contributed by atoms with Gasteiger partial charge in [0.05, 0.1) is 11.7 Å². The van der Waals surface area contributed by atoms with Crippen molar-refractivity contribution < 1.29 is 13.6 Å². The Morgan fingerprint density at radius 3 is 2.91 bits per heavy atom. The second-order valence-corrected chi connectivity index (χ2v) is 4.98. The number of halogens is 2. The van der Waals surface area contributed by atoms with Gasteiger partial charge in [0.2, 0.25) is 5.91 Å². The number of rotatable bonds is 4. The molecule has 0 saturated carbocycles. The number of hydrogen-bond donors (Lipinski definition) is 2. The highest BCUT2D eigenvalue weighted by Crippen LogP contribution is 2.15. The number of H-pyrrole nitrogens is 1. The molecule has 0 bridgehead atoms. The van der Waals surface area contributed by atoms with E-state index in [0.717, 1.165) is 28.6 Å². The molecule has 1 amide bonds. The molecule has 0 atom stereocenters. The predicted octanol–water partition coefficient (Wildman–Crippen LogP) is 3.17. The van der Waals surface area contributed by atoms with Crippen molar-refractivity contribution in [3.8, 4) is 0 Å². The van der Waals surface area contributed by atoms with Crippen molar-refractivity contribution in [1.82, 2.24) is 15.5 Å². The monoisotopic (exact) mass is 313 g/mol. The summed E-state index contributed by atoms with van der Waals surface area (Å²) in [6.45, 7) is 0.334. The zero-order valence-corrected chi connectivity index (χ0v) is 12.0. The van der Waals surface area contributed by atoms with Gasteiger partial charge in [-0.25, -0.2) is 8.78 Å². The average molecular weight is 313 g/mol. The number of amides is 1. The normalized spacial score (nSPS) is 11.2. The third-order valence-electron chi connectivity index (χ3n) is 3.39. The summed E-state index contributed by atoms with van der Waals surface area (Å²) in [4.78, 5) is 11.8. The van der Waals surface area contributed by atoms with Crippen LogP contribution in [0, 0.1) is 11.6 Å². The first-order valence-corrected chi connectivity index (χ1v) is 6.95. The van der Waals surface area contributed by atoms with Crippen LogP contribution in [0.2, 0.25) is 0 Å². The van der Waals surface area contributed by atoms with E-state index in [0.29, 0.717) is 12.1 Å². The Kier molecular flexibility index (Phi) is 4.14. The number of hydrogen-bond acceptors (Lipinski definition) is 2. The summed E-state index contributed by atoms with van der Waals surface area (Å²) >= 11 is 0. The summed E-state index contributed by atoms with van der Waals surface area (Å²) in [6, 6.07) is 9.15. The fourth-order valence-corrected chi connectivity index (χ4v) is 2.21. The maximum Gasteiger partial charge on any atom is 0.244 e. The second kappa shape index (κ2) is 6.39. The molecule has 4 nitrogen and oxygen atoms in total. The van der Waals surface area contributed by atoms with Crippen molar-refractivity contribution in [3.05, 3.63) is 71.4 Å². The first-order chi connectivity index (χ1) is 11.1. The fourth-order valence-electron chi connectivity index (χ4n) is 2.21. The van der Waals surface area contributed by atoms with Gasteiger partial charge >= 0.3 is 0 Å². The molecule has 3 rings (SSSR count). The largest absolute Gasteiger partial charge is 0.348 e. The number of carbonyl (C=O) groups is 1. The van der Waals surface area contributed by atoms with Gasteiger partial charge in [0, 0.05) is 18.0 Å². The van der Waals surface area contributed by atoms with E-state index in [-0.39, 0.29) is 5.91 Å². The summed E-state index contributed by atoms with van der Waals surface area (Å²) in [6.07, 6.45) is 4.41. The Morgan fingerprint density at radius 1 is 1.22 bits per heavy atom. The van der Waals surface area contributed by atoms with E-state index >= 15 is 0 Å². The topological polar surface area (TPSA) is 57.8 Å². The molecule has 0 saturated heterocycles. The maximum absolute atomic E-state index is 13.1. The molecule has 0 radical (unpaired) electrons. The van der Waals surface area contributed by atoms with Crippen LogP contribution in [0.5, 0.6) is 0 Å². The Balaban J connectivity index is 1.64. The standard InChI is InChI=1S/C17H13F2N3O/c18-14-6-4-11(8-15(14)19)5-7-16(23)20-9-12-2-1-3-13-10-21-22-17(12)13/h1-8,10H,9H2,(H,20,23)(H,21,22)/b7-5+. The van der Waals surface area contributed by atoms with Crippen LogP contribution in [0.4, 0.5) is 8.78 Å². The van der Waals surface area contributed by atoms with Crippen LogP contribution < -0.4 is 5.32 Å². The van der Waals surface area contributed by atoms with Crippen molar-refractivity contribution in [2.75, 3.05) is 0 Å². The summed E-state index contributed by atoms with van der Waals surface area (Å²) < 4.78 is 25.9. The lowest BCUT2D eigenvalue weighted by Crippen LogP contribution is -2.20. The van der Waals surface area contributed by atoms with E-state index in [1.54, 1.807) is 6.20 Å². The first kappa shape index (κ1) is 14.9. The van der Waals surface area contributed by atoms with E-state index in [4.69, 9.17) is 0 Å². The third kappa shape index (κ3) is 3.42. The Labute approximate surface area is 130 Å². The lowest BCUT2D eigenvalue weighted by molar-refractivity contribution is -0.116. The molecule has 3 aromatic rings. The van der Waals surface area contributed by atoms with Crippen LogP contribution in [0.3, 0.4) is 0 Å². The Hall–Kier alpha value is -3.02. The zero-order chi connectivity index (χ0) is 16.2. The number of nitrogens with zero attached hydrogens (tertiary/aromatic N) is 1. The number of carbonyl (C=O) groups excluding carboxylic acids is 1. The molecular formula is C17H13F2N3O. The maximum atomic E-state index is 13.1. The van der Waals surface area contributed by atoms with Gasteiger partial charge in [0.25, 0.3) is 0 Å². The van der Waals surface area contributed by atoms with Gasteiger partial charge < -0.3 is 5.32 Å². The van der Waals surface area contributed by atoms with Crippen LogP contribution in [0.1, 0.15) is 11.1 Å². The third-order valence-corrected chi connectivity index (χ3v) is 3.39. The second-order valence-electron chi connectivity index (χ2n) is 4.98. The van der Waals surface area contributed by atoms with Crippen LogP contribution >= 0.6 is 0 Å². The molecule has 0 unspecified atom stereocenters. The molecule has 2 N–H and O–H groups in total. The van der Waals surface area contributed by atoms with Crippen LogP contribution in [-0.2, 0) is 11.3 Å². The molecule has 116 valence electrons. The van der Waals surface area contributed by atoms with E-state index in [1.807, 2.05) is 18.2 Å². The van der Waals surface area contributed by atoms with Crippen LogP contribution in [0.25, 0.3) is 17.0 Å². The van der Waals surface area contributed by atoms with Crippen LogP contribution in [-0.4, -0.2) is 16.1 Å². The molecule has 1 aromatic heterocycles. The lowest BCUT2D eigenvalue weighted by Gasteiger charge is -2.04. The van der Waals surface area contributed by atoms with E-state index < -0.39 is 11.6 Å². The minimum atomic E-state index is -0.946. The smallest absolute Gasteiger partial charge is 0.244 e. The SMILES string of the molecule is O=C(/C=C/c1ccc(F)c(F)c1)NCc1cccc2cn[nH]c12. The minimum Gasteiger partial charge on any atom is -0.348 e. The summed E-state index contributed by atoms with van der Waals surface area (Å²) in [7, 11) is 0. The summed E-state index contributed by atoms with van der Waals surface area (Å²) in [5.74, 6) is -2.19. The number of aromatic amines is 1. The quantitative estimate of drug-likeness (QED) is 0.727. The summed E-state index contributed by atoms with van der Waals surface area (Å²) in [5.41, 5.74) is 2.20. The van der Waals surface area contributed by atoms with Gasteiger partial charge in [-0.1, -0.05) is 24.3 Å². The first-order valence-electron chi connectivity index (χ1n) is 6.95. The zero-order valence-electron chi connectivity index (χ0n) is 12.0. The lowest BCUT2D eigenvalue weighted by atomic mass is 10.1. The highest BCUT2D eigenvalue weighted by molar-refractivity contribution is 5.92. The van der Waals surface area contributed by atoms with Crippen molar-refractivity contribution in [3.63, 3.8) is 0 Å². The number of fused-ring (bicyclic) bond motifs is 1. The van der Waals surface area contributed by atoms with E-state index in [2.05, 4.69) is 15.5 Å². The number of nitrogens with one attached hydrogen (secondary N) is 2. The molecule has 0 aliphatic rings. The van der Waals surface area contributed by atoms with E-state index in [1.165, 1.54) is 18.2 Å². The van der Waals surface area contributed by atoms with Crippen molar-refractivity contribution in [2.24, 2.45) is 0 Å². The van der Waals surface area contributed by atoms with Gasteiger partial charge in [0.1, 0.15) is 0 Å². The molecule has 0 aliphatic carbocycles. The van der Waals surface area contributed by atoms with Crippen molar-refractivity contribution >= 4 is 22.9 Å². The van der Waals surface area contributed by atoms with Gasteiger partial charge in [-0.05, 0) is 29.3 Å². The summed E-state index contributed by atoms with van der Waals surface area (Å²) in [5, 5.41) is 10.5. The van der Waals surface area contributed by atoms with Crippen molar-refractivity contribution in [1.29, 1.82) is 0 Å². The molecule has 6 heteroatoms. The average Bonchev–Trinajstić information content (AvgIpc) is 3.03. The van der Waals surface area contributed by atoms with Gasteiger partial charge in [-0.2, -0.15) is 5.10 Å². The highest BCUT2D eigenvalue weighted by atomic mass is 19.2. The molecule has 0 aliphatic heterocycles.